The molecule has 0 radical (unpaired) electrons. The van der Waals surface area contributed by atoms with Crippen LogP contribution in [0, 0.1) is 13.8 Å². The maximum absolute atomic E-state index is 13.4. The molecule has 0 heterocycles. The third kappa shape index (κ3) is 5.86. The fourth-order valence-electron chi connectivity index (χ4n) is 3.36. The van der Waals surface area contributed by atoms with Crippen LogP contribution in [0.1, 0.15) is 24.0 Å². The maximum atomic E-state index is 13.4. The van der Waals surface area contributed by atoms with E-state index in [-0.39, 0.29) is 28.6 Å². The first kappa shape index (κ1) is 24.6. The Kier molecular flexibility index (Phi) is 8.00. The number of anilines is 1. The van der Waals surface area contributed by atoms with Crippen LogP contribution in [-0.4, -0.2) is 28.0 Å². The van der Waals surface area contributed by atoms with Crippen molar-refractivity contribution in [3.63, 3.8) is 0 Å². The number of aryl methyl sites for hydroxylation is 2. The summed E-state index contributed by atoms with van der Waals surface area (Å²) in [4.78, 5) is 13.2. The number of halogens is 1. The van der Waals surface area contributed by atoms with Gasteiger partial charge in [0.2, 0.25) is 5.91 Å². The molecule has 0 unspecified atom stereocenters. The van der Waals surface area contributed by atoms with Crippen molar-refractivity contribution >= 4 is 33.2 Å². The molecule has 0 aliphatic carbocycles. The monoisotopic (exact) mass is 487 g/mol. The van der Waals surface area contributed by atoms with Crippen LogP contribution in [0.2, 0.25) is 5.02 Å². The number of hydrogen-bond donors (Lipinski definition) is 0. The van der Waals surface area contributed by atoms with Gasteiger partial charge in [-0.25, -0.2) is 12.7 Å². The molecule has 3 aromatic rings. The van der Waals surface area contributed by atoms with Crippen molar-refractivity contribution < 1.29 is 22.7 Å². The number of benzene rings is 3. The normalized spacial score (nSPS) is 11.2. The highest BCUT2D eigenvalue weighted by atomic mass is 35.5. The van der Waals surface area contributed by atoms with E-state index in [4.69, 9.17) is 21.1 Å². The van der Waals surface area contributed by atoms with Crippen LogP contribution in [0.25, 0.3) is 0 Å². The second-order valence-electron chi connectivity index (χ2n) is 7.52. The smallest absolute Gasteiger partial charge is 0.270 e. The molecule has 1 amide bonds. The van der Waals surface area contributed by atoms with Crippen LogP contribution in [0.4, 0.5) is 5.69 Å². The summed E-state index contributed by atoms with van der Waals surface area (Å²) in [7, 11) is -2.69. The molecule has 3 aromatic carbocycles. The minimum Gasteiger partial charge on any atom is -0.495 e. The highest BCUT2D eigenvalue weighted by Gasteiger charge is 2.31. The van der Waals surface area contributed by atoms with Crippen molar-refractivity contribution in [2.24, 2.45) is 0 Å². The van der Waals surface area contributed by atoms with E-state index in [2.05, 4.69) is 0 Å². The Balaban J connectivity index is 1.81. The quantitative estimate of drug-likeness (QED) is 0.370. The summed E-state index contributed by atoms with van der Waals surface area (Å²) < 4.78 is 38.5. The molecular weight excluding hydrogens is 462 g/mol. The molecule has 3 rings (SSSR count). The highest BCUT2D eigenvalue weighted by molar-refractivity contribution is 7.93. The molecular formula is C25H26ClNO5S. The number of nitrogens with zero attached hydrogens (tertiary/aromatic N) is 1. The van der Waals surface area contributed by atoms with Gasteiger partial charge in [-0.2, -0.15) is 0 Å². The van der Waals surface area contributed by atoms with Gasteiger partial charge in [-0.1, -0.05) is 47.5 Å². The Morgan fingerprint density at radius 1 is 0.970 bits per heavy atom. The molecule has 8 heteroatoms. The van der Waals surface area contributed by atoms with Gasteiger partial charge >= 0.3 is 0 Å². The summed E-state index contributed by atoms with van der Waals surface area (Å²) >= 11 is 6.22. The van der Waals surface area contributed by atoms with E-state index in [1.54, 1.807) is 18.2 Å². The zero-order chi connectivity index (χ0) is 24.0. The minimum absolute atomic E-state index is 0.0109. The topological polar surface area (TPSA) is 72.9 Å². The molecule has 174 valence electrons. The number of ether oxygens (including phenoxy) is 2. The van der Waals surface area contributed by atoms with Crippen molar-refractivity contribution in [1.82, 2.24) is 0 Å². The molecule has 0 aliphatic heterocycles. The number of amides is 1. The first-order valence-corrected chi connectivity index (χ1v) is 12.2. The van der Waals surface area contributed by atoms with E-state index in [0.717, 1.165) is 21.2 Å². The van der Waals surface area contributed by atoms with Crippen molar-refractivity contribution in [3.8, 4) is 11.5 Å². The molecule has 33 heavy (non-hydrogen) atoms. The summed E-state index contributed by atoms with van der Waals surface area (Å²) in [6.07, 6.45) is 0.317. The van der Waals surface area contributed by atoms with Crippen LogP contribution >= 0.6 is 11.6 Å². The van der Waals surface area contributed by atoms with Crippen molar-refractivity contribution in [3.05, 3.63) is 82.9 Å². The van der Waals surface area contributed by atoms with E-state index < -0.39 is 15.9 Å². The molecule has 0 atom stereocenters. The van der Waals surface area contributed by atoms with E-state index in [0.29, 0.717) is 12.2 Å². The molecule has 0 saturated heterocycles. The van der Waals surface area contributed by atoms with E-state index in [1.165, 1.54) is 37.4 Å². The lowest BCUT2D eigenvalue weighted by atomic mass is 10.1. The zero-order valence-electron chi connectivity index (χ0n) is 18.7. The van der Waals surface area contributed by atoms with Gasteiger partial charge < -0.3 is 9.47 Å². The van der Waals surface area contributed by atoms with Crippen LogP contribution in [0.5, 0.6) is 11.5 Å². The van der Waals surface area contributed by atoms with Gasteiger partial charge in [0.15, 0.2) is 0 Å². The standard InChI is InChI=1S/C25H26ClNO5S/c1-18-11-13-23(19(2)16-18)32-15-7-10-25(28)27(20-12-14-24(31-3)22(26)17-20)33(29,30)21-8-5-4-6-9-21/h4-6,8-9,11-14,16-17H,7,10,15H2,1-3H3. The van der Waals surface area contributed by atoms with Gasteiger partial charge in [-0.05, 0) is 62.2 Å². The molecule has 0 aliphatic rings. The Morgan fingerprint density at radius 2 is 1.67 bits per heavy atom. The molecule has 0 fully saturated rings. The number of carbonyl (C=O) groups excluding carboxylic acids is 1. The van der Waals surface area contributed by atoms with Crippen molar-refractivity contribution in [2.45, 2.75) is 31.6 Å². The Bertz CT molecular complexity index is 1230. The first-order valence-electron chi connectivity index (χ1n) is 10.4. The van der Waals surface area contributed by atoms with Crippen molar-refractivity contribution in [1.29, 1.82) is 0 Å². The fourth-order valence-corrected chi connectivity index (χ4v) is 5.08. The Labute approximate surface area is 199 Å². The highest BCUT2D eigenvalue weighted by Crippen LogP contribution is 2.32. The predicted molar refractivity (Wildman–Crippen MR) is 130 cm³/mol. The van der Waals surface area contributed by atoms with Gasteiger partial charge in [0.25, 0.3) is 10.0 Å². The number of hydrogen-bond acceptors (Lipinski definition) is 5. The summed E-state index contributed by atoms with van der Waals surface area (Å²) in [5, 5.41) is 0.203. The second kappa shape index (κ2) is 10.7. The molecule has 6 nitrogen and oxygen atoms in total. The average molecular weight is 488 g/mol. The number of carbonyl (C=O) groups is 1. The second-order valence-corrected chi connectivity index (χ2v) is 9.71. The lowest BCUT2D eigenvalue weighted by Gasteiger charge is -2.23. The van der Waals surface area contributed by atoms with Gasteiger partial charge in [0.05, 0.1) is 29.3 Å². The molecule has 0 aromatic heterocycles. The van der Waals surface area contributed by atoms with Gasteiger partial charge in [0.1, 0.15) is 11.5 Å². The SMILES string of the molecule is COc1ccc(N(C(=O)CCCOc2ccc(C)cc2C)S(=O)(=O)c2ccccc2)cc1Cl. The van der Waals surface area contributed by atoms with E-state index in [1.807, 2.05) is 32.0 Å². The van der Waals surface area contributed by atoms with Gasteiger partial charge in [-0.3, -0.25) is 4.79 Å². The van der Waals surface area contributed by atoms with Crippen LogP contribution in [0.3, 0.4) is 0 Å². The van der Waals surface area contributed by atoms with E-state index in [9.17, 15) is 13.2 Å². The predicted octanol–water partition coefficient (Wildman–Crippen LogP) is 5.55. The summed E-state index contributed by atoms with van der Waals surface area (Å²) in [5.41, 5.74) is 2.28. The average Bonchev–Trinajstić information content (AvgIpc) is 2.78. The van der Waals surface area contributed by atoms with Gasteiger partial charge in [0, 0.05) is 6.42 Å². The molecule has 0 bridgehead atoms. The molecule has 0 N–H and O–H groups in total. The minimum atomic E-state index is -4.15. The van der Waals surface area contributed by atoms with E-state index >= 15 is 0 Å². The fraction of sp³-hybridized carbons (Fsp3) is 0.240. The largest absolute Gasteiger partial charge is 0.495 e. The number of sulfonamides is 1. The van der Waals surface area contributed by atoms with Crippen LogP contribution in [-0.2, 0) is 14.8 Å². The zero-order valence-corrected chi connectivity index (χ0v) is 20.3. The van der Waals surface area contributed by atoms with Crippen LogP contribution < -0.4 is 13.8 Å². The summed E-state index contributed by atoms with van der Waals surface area (Å²) in [6.45, 7) is 4.23. The maximum Gasteiger partial charge on any atom is 0.270 e. The first-order chi connectivity index (χ1) is 15.7. The van der Waals surface area contributed by atoms with Gasteiger partial charge in [-0.15, -0.1) is 0 Å². The Morgan fingerprint density at radius 3 is 2.30 bits per heavy atom. The lowest BCUT2D eigenvalue weighted by Crippen LogP contribution is -2.37. The van der Waals surface area contributed by atoms with Crippen LogP contribution in [0.15, 0.2) is 71.6 Å². The summed E-state index contributed by atoms with van der Waals surface area (Å²) in [5.74, 6) is 0.542. The Hall–Kier alpha value is -3.03. The summed E-state index contributed by atoms with van der Waals surface area (Å²) in [6, 6.07) is 18.1. The third-order valence-corrected chi connectivity index (χ3v) is 7.06. The molecule has 0 spiro atoms. The molecule has 0 saturated carbocycles. The van der Waals surface area contributed by atoms with Crippen molar-refractivity contribution in [2.75, 3.05) is 18.0 Å². The lowest BCUT2D eigenvalue weighted by molar-refractivity contribution is -0.117. The number of methoxy groups -OCH3 is 1. The number of rotatable bonds is 9. The third-order valence-electron chi connectivity index (χ3n) is 5.00.